The van der Waals surface area contributed by atoms with Crippen LogP contribution in [0.4, 0.5) is 0 Å². The van der Waals surface area contributed by atoms with E-state index in [1.54, 1.807) is 14.2 Å². The average Bonchev–Trinajstić information content (AvgIpc) is 2.63. The first kappa shape index (κ1) is 8.31. The topological polar surface area (TPSA) is 31.4 Å². The third-order valence-corrected chi connectivity index (χ3v) is 2.58. The van der Waals surface area contributed by atoms with Crippen molar-refractivity contribution in [1.82, 2.24) is 4.98 Å². The van der Waals surface area contributed by atoms with E-state index in [0.717, 1.165) is 21.7 Å². The summed E-state index contributed by atoms with van der Waals surface area (Å²) in [5.74, 6) is 1.54. The van der Waals surface area contributed by atoms with Crippen molar-refractivity contribution in [2.45, 2.75) is 0 Å². The van der Waals surface area contributed by atoms with Crippen LogP contribution in [0.2, 0.25) is 0 Å². The van der Waals surface area contributed by atoms with Crippen molar-refractivity contribution in [3.63, 3.8) is 0 Å². The molecule has 0 aliphatic rings. The maximum atomic E-state index is 5.20. The summed E-state index contributed by atoms with van der Waals surface area (Å²) in [7, 11) is 3.25. The molecule has 1 heterocycles. The zero-order valence-electron chi connectivity index (χ0n) is 7.33. The Morgan fingerprint density at radius 1 is 1.31 bits per heavy atom. The summed E-state index contributed by atoms with van der Waals surface area (Å²) in [5.41, 5.74) is 3.68. The fraction of sp³-hybridized carbons (Fsp3) is 0.222. The molecule has 4 heteroatoms. The molecule has 3 nitrogen and oxygen atoms in total. The largest absolute Gasteiger partial charge is 0.497 e. The molecule has 0 atom stereocenters. The van der Waals surface area contributed by atoms with Gasteiger partial charge in [-0.2, -0.15) is 0 Å². The van der Waals surface area contributed by atoms with E-state index < -0.39 is 0 Å². The molecule has 0 saturated carbocycles. The van der Waals surface area contributed by atoms with Gasteiger partial charge in [-0.1, -0.05) is 0 Å². The van der Waals surface area contributed by atoms with Crippen molar-refractivity contribution < 1.29 is 9.47 Å². The SMILES string of the molecule is COc1cc(OC)c2s[c]nc2c1. The van der Waals surface area contributed by atoms with E-state index in [4.69, 9.17) is 9.47 Å². The highest BCUT2D eigenvalue weighted by atomic mass is 32.1. The van der Waals surface area contributed by atoms with Gasteiger partial charge < -0.3 is 9.47 Å². The van der Waals surface area contributed by atoms with E-state index in [0.29, 0.717) is 0 Å². The Kier molecular flexibility index (Phi) is 2.06. The van der Waals surface area contributed by atoms with Gasteiger partial charge in [0.15, 0.2) is 5.51 Å². The van der Waals surface area contributed by atoms with Crippen LogP contribution in [0.1, 0.15) is 0 Å². The summed E-state index contributed by atoms with van der Waals surface area (Å²) in [5, 5.41) is 0. The molecule has 0 aliphatic carbocycles. The summed E-state index contributed by atoms with van der Waals surface area (Å²) < 4.78 is 11.3. The summed E-state index contributed by atoms with van der Waals surface area (Å²) >= 11 is 1.44. The molecule has 13 heavy (non-hydrogen) atoms. The monoisotopic (exact) mass is 194 g/mol. The van der Waals surface area contributed by atoms with Crippen molar-refractivity contribution in [1.29, 1.82) is 0 Å². The number of fused-ring (bicyclic) bond motifs is 1. The van der Waals surface area contributed by atoms with Gasteiger partial charge in [0.1, 0.15) is 11.5 Å². The molecule has 0 saturated heterocycles. The first-order valence-electron chi connectivity index (χ1n) is 3.73. The molecule has 2 rings (SSSR count). The van der Waals surface area contributed by atoms with Crippen molar-refractivity contribution in [2.24, 2.45) is 0 Å². The number of rotatable bonds is 2. The molecular formula is C9H8NO2S. The van der Waals surface area contributed by atoms with Gasteiger partial charge >= 0.3 is 0 Å². The number of ether oxygens (including phenoxy) is 2. The quantitative estimate of drug-likeness (QED) is 0.733. The molecule has 0 amide bonds. The van der Waals surface area contributed by atoms with Crippen molar-refractivity contribution in [3.8, 4) is 11.5 Å². The predicted octanol–water partition coefficient (Wildman–Crippen LogP) is 2.11. The van der Waals surface area contributed by atoms with Crippen molar-refractivity contribution >= 4 is 21.6 Å². The van der Waals surface area contributed by atoms with E-state index in [1.807, 2.05) is 12.1 Å². The lowest BCUT2D eigenvalue weighted by Crippen LogP contribution is -1.86. The number of nitrogens with zero attached hydrogens (tertiary/aromatic N) is 1. The van der Waals surface area contributed by atoms with E-state index in [2.05, 4.69) is 10.5 Å². The summed E-state index contributed by atoms with van der Waals surface area (Å²) in [4.78, 5) is 4.07. The Hall–Kier alpha value is -1.29. The van der Waals surface area contributed by atoms with Crippen LogP contribution in [-0.4, -0.2) is 19.2 Å². The minimum Gasteiger partial charge on any atom is -0.497 e. The van der Waals surface area contributed by atoms with E-state index in [1.165, 1.54) is 11.3 Å². The normalized spacial score (nSPS) is 10.3. The molecule has 0 aliphatic heterocycles. The van der Waals surface area contributed by atoms with Crippen LogP contribution in [0.15, 0.2) is 12.1 Å². The highest BCUT2D eigenvalue weighted by molar-refractivity contribution is 7.16. The molecule has 0 spiro atoms. The lowest BCUT2D eigenvalue weighted by molar-refractivity contribution is 0.398. The first-order chi connectivity index (χ1) is 6.35. The van der Waals surface area contributed by atoms with Gasteiger partial charge in [-0.25, -0.2) is 4.98 Å². The number of thiazole rings is 1. The standard InChI is InChI=1S/C9H8NO2S/c1-11-6-3-7-9(13-5-10-7)8(4-6)12-2/h3-4H,1-2H3. The minimum absolute atomic E-state index is 0.753. The third kappa shape index (κ3) is 1.33. The minimum atomic E-state index is 0.753. The highest BCUT2D eigenvalue weighted by Gasteiger charge is 2.06. The molecule has 0 unspecified atom stereocenters. The number of benzene rings is 1. The van der Waals surface area contributed by atoms with Crippen LogP contribution in [0.25, 0.3) is 10.2 Å². The van der Waals surface area contributed by atoms with Crippen molar-refractivity contribution in [2.75, 3.05) is 14.2 Å². The van der Waals surface area contributed by atoms with E-state index in [9.17, 15) is 0 Å². The Labute approximate surface area is 79.9 Å². The first-order valence-corrected chi connectivity index (χ1v) is 4.55. The van der Waals surface area contributed by atoms with E-state index in [-0.39, 0.29) is 0 Å². The summed E-state index contributed by atoms with van der Waals surface area (Å²) in [6.45, 7) is 0. The molecule has 0 N–H and O–H groups in total. The molecule has 67 valence electrons. The molecular weight excluding hydrogens is 186 g/mol. The number of aromatic nitrogens is 1. The van der Waals surface area contributed by atoms with E-state index >= 15 is 0 Å². The fourth-order valence-corrected chi connectivity index (χ4v) is 1.82. The van der Waals surface area contributed by atoms with Crippen LogP contribution < -0.4 is 9.47 Å². The molecule has 0 fully saturated rings. The maximum Gasteiger partial charge on any atom is 0.153 e. The second-order valence-corrected chi connectivity index (χ2v) is 3.28. The second-order valence-electron chi connectivity index (χ2n) is 2.48. The molecule has 1 aromatic carbocycles. The van der Waals surface area contributed by atoms with Gasteiger partial charge in [0.05, 0.1) is 24.4 Å². The zero-order valence-corrected chi connectivity index (χ0v) is 8.14. The van der Waals surface area contributed by atoms with Crippen LogP contribution in [0.5, 0.6) is 11.5 Å². The Morgan fingerprint density at radius 3 is 2.85 bits per heavy atom. The number of hydrogen-bond acceptors (Lipinski definition) is 4. The smallest absolute Gasteiger partial charge is 0.153 e. The van der Waals surface area contributed by atoms with Crippen LogP contribution >= 0.6 is 11.3 Å². The molecule has 2 aromatic rings. The predicted molar refractivity (Wildman–Crippen MR) is 51.6 cm³/mol. The van der Waals surface area contributed by atoms with Crippen LogP contribution in [0, 0.1) is 5.51 Å². The lowest BCUT2D eigenvalue weighted by Gasteiger charge is -2.03. The lowest BCUT2D eigenvalue weighted by atomic mass is 10.3. The van der Waals surface area contributed by atoms with Gasteiger partial charge in [0.25, 0.3) is 0 Å². The Balaban J connectivity index is 2.70. The molecule has 1 radical (unpaired) electrons. The van der Waals surface area contributed by atoms with Crippen molar-refractivity contribution in [3.05, 3.63) is 17.6 Å². The highest BCUT2D eigenvalue weighted by Crippen LogP contribution is 2.32. The van der Waals surface area contributed by atoms with Gasteiger partial charge in [-0.05, 0) is 0 Å². The molecule has 1 aromatic heterocycles. The van der Waals surface area contributed by atoms with Crippen LogP contribution in [0.3, 0.4) is 0 Å². The number of methoxy groups -OCH3 is 2. The summed E-state index contributed by atoms with van der Waals surface area (Å²) in [6.07, 6.45) is 0. The number of hydrogen-bond donors (Lipinski definition) is 0. The fourth-order valence-electron chi connectivity index (χ4n) is 1.14. The zero-order chi connectivity index (χ0) is 9.26. The van der Waals surface area contributed by atoms with Crippen LogP contribution in [-0.2, 0) is 0 Å². The van der Waals surface area contributed by atoms with Gasteiger partial charge in [0.2, 0.25) is 0 Å². The Bertz CT molecular complexity index is 424. The van der Waals surface area contributed by atoms with Gasteiger partial charge in [-0.15, -0.1) is 11.3 Å². The average molecular weight is 194 g/mol. The maximum absolute atomic E-state index is 5.20. The third-order valence-electron chi connectivity index (χ3n) is 1.78. The second kappa shape index (κ2) is 3.22. The van der Waals surface area contributed by atoms with Gasteiger partial charge in [-0.3, -0.25) is 0 Å². The van der Waals surface area contributed by atoms with Gasteiger partial charge in [0, 0.05) is 12.1 Å². The Morgan fingerprint density at radius 2 is 2.15 bits per heavy atom. The molecule has 0 bridgehead atoms. The summed E-state index contributed by atoms with van der Waals surface area (Å²) in [6, 6.07) is 3.71.